The lowest BCUT2D eigenvalue weighted by Gasteiger charge is -2.13. The monoisotopic (exact) mass is 322 g/mol. The van der Waals surface area contributed by atoms with Gasteiger partial charge in [0.25, 0.3) is 0 Å². The molecule has 14 heavy (non-hydrogen) atoms. The average Bonchev–Trinajstić information content (AvgIpc) is 2.54. The molecule has 0 radical (unpaired) electrons. The largest absolute Gasteiger partial charge is 0.490 e. The quantitative estimate of drug-likeness (QED) is 0.739. The maximum Gasteiger partial charge on any atom is 0.122 e. The lowest BCUT2D eigenvalue weighted by atomic mass is 10.3. The summed E-state index contributed by atoms with van der Waals surface area (Å²) in [6.45, 7) is 0. The Morgan fingerprint density at radius 1 is 1.21 bits per heavy atom. The predicted molar refractivity (Wildman–Crippen MR) is 67.1 cm³/mol. The van der Waals surface area contributed by atoms with Gasteiger partial charge in [-0.25, -0.2) is 0 Å². The van der Waals surface area contributed by atoms with E-state index in [1.165, 1.54) is 25.7 Å². The molecule has 1 fully saturated rings. The molecule has 0 N–H and O–H groups in total. The number of hydrogen-bond donors (Lipinski definition) is 0. The van der Waals surface area contributed by atoms with Gasteiger partial charge in [-0.15, -0.1) is 0 Å². The molecule has 2 rings (SSSR count). The molecule has 1 aromatic carbocycles. The van der Waals surface area contributed by atoms with E-state index >= 15 is 0 Å². The van der Waals surface area contributed by atoms with Crippen LogP contribution in [0.25, 0.3) is 0 Å². The number of hydrogen-bond acceptors (Lipinski definition) is 1. The van der Waals surface area contributed by atoms with Crippen LogP contribution in [0.2, 0.25) is 5.02 Å². The summed E-state index contributed by atoms with van der Waals surface area (Å²) >= 11 is 8.20. The van der Waals surface area contributed by atoms with Crippen LogP contribution in [0.15, 0.2) is 18.2 Å². The molecule has 1 aliphatic carbocycles. The Hall–Kier alpha value is 0.0400. The zero-order valence-electron chi connectivity index (χ0n) is 7.80. The van der Waals surface area contributed by atoms with Crippen LogP contribution in [-0.4, -0.2) is 6.10 Å². The van der Waals surface area contributed by atoms with Crippen LogP contribution in [0.4, 0.5) is 0 Å². The molecule has 0 aliphatic heterocycles. The summed E-state index contributed by atoms with van der Waals surface area (Å²) in [5, 5.41) is 0.755. The molecule has 0 saturated heterocycles. The normalized spacial score (nSPS) is 17.3. The molecule has 0 amide bonds. The summed E-state index contributed by atoms with van der Waals surface area (Å²) in [5.41, 5.74) is 0. The van der Waals surface area contributed by atoms with Crippen LogP contribution in [0.5, 0.6) is 5.75 Å². The summed E-state index contributed by atoms with van der Waals surface area (Å²) in [6.07, 6.45) is 5.36. The van der Waals surface area contributed by atoms with E-state index in [1.54, 1.807) is 0 Å². The minimum Gasteiger partial charge on any atom is -0.490 e. The van der Waals surface area contributed by atoms with E-state index in [9.17, 15) is 0 Å². The molecule has 0 aromatic heterocycles. The fraction of sp³-hybridized carbons (Fsp3) is 0.455. The van der Waals surface area contributed by atoms with Crippen molar-refractivity contribution in [2.45, 2.75) is 31.8 Å². The van der Waals surface area contributed by atoms with Crippen molar-refractivity contribution < 1.29 is 4.74 Å². The van der Waals surface area contributed by atoms with Crippen LogP contribution in [0, 0.1) is 3.57 Å². The summed E-state index contributed by atoms with van der Waals surface area (Å²) in [5.74, 6) is 0.911. The highest BCUT2D eigenvalue weighted by molar-refractivity contribution is 14.1. The van der Waals surface area contributed by atoms with E-state index in [4.69, 9.17) is 16.3 Å². The fourth-order valence-corrected chi connectivity index (χ4v) is 2.85. The van der Waals surface area contributed by atoms with E-state index in [2.05, 4.69) is 22.6 Å². The lowest BCUT2D eigenvalue weighted by molar-refractivity contribution is 0.210. The van der Waals surface area contributed by atoms with Gasteiger partial charge in [0.1, 0.15) is 5.75 Å². The van der Waals surface area contributed by atoms with Crippen molar-refractivity contribution in [3.05, 3.63) is 26.8 Å². The van der Waals surface area contributed by atoms with E-state index in [-0.39, 0.29) is 0 Å². The highest BCUT2D eigenvalue weighted by Crippen LogP contribution is 2.27. The van der Waals surface area contributed by atoms with Gasteiger partial charge in [-0.1, -0.05) is 11.6 Å². The first-order chi connectivity index (χ1) is 6.74. The minimum atomic E-state index is 0.407. The third kappa shape index (κ3) is 2.76. The molecule has 76 valence electrons. The molecule has 0 spiro atoms. The molecule has 1 aromatic rings. The molecule has 1 aliphatic rings. The van der Waals surface area contributed by atoms with Crippen molar-refractivity contribution in [1.29, 1.82) is 0 Å². The zero-order chi connectivity index (χ0) is 9.97. The van der Waals surface area contributed by atoms with Gasteiger partial charge in [0.15, 0.2) is 0 Å². The van der Waals surface area contributed by atoms with Crippen molar-refractivity contribution in [1.82, 2.24) is 0 Å². The first-order valence-electron chi connectivity index (χ1n) is 4.87. The first kappa shape index (κ1) is 10.6. The standard InChI is InChI=1S/C11H12ClIO/c12-8-5-9(13)7-11(6-8)14-10-3-1-2-4-10/h5-7,10H,1-4H2. The molecule has 1 saturated carbocycles. The van der Waals surface area contributed by atoms with Crippen molar-refractivity contribution in [3.63, 3.8) is 0 Å². The second kappa shape index (κ2) is 4.71. The van der Waals surface area contributed by atoms with Crippen LogP contribution in [-0.2, 0) is 0 Å². The topological polar surface area (TPSA) is 9.23 Å². The van der Waals surface area contributed by atoms with Gasteiger partial charge in [0.05, 0.1) is 6.10 Å². The number of benzene rings is 1. The van der Waals surface area contributed by atoms with E-state index in [0.717, 1.165) is 14.3 Å². The molecule has 0 heterocycles. The molecular weight excluding hydrogens is 310 g/mol. The minimum absolute atomic E-state index is 0.407. The third-order valence-corrected chi connectivity index (χ3v) is 3.28. The van der Waals surface area contributed by atoms with Gasteiger partial charge in [-0.3, -0.25) is 0 Å². The first-order valence-corrected chi connectivity index (χ1v) is 6.32. The Morgan fingerprint density at radius 3 is 2.57 bits per heavy atom. The highest BCUT2D eigenvalue weighted by atomic mass is 127. The van der Waals surface area contributed by atoms with E-state index in [0.29, 0.717) is 6.10 Å². The average molecular weight is 323 g/mol. The SMILES string of the molecule is Clc1cc(I)cc(OC2CCCC2)c1. The molecular formula is C11H12ClIO. The predicted octanol–water partition coefficient (Wildman–Crippen LogP) is 4.27. The zero-order valence-corrected chi connectivity index (χ0v) is 10.7. The summed E-state index contributed by atoms with van der Waals surface area (Å²) < 4.78 is 6.98. The van der Waals surface area contributed by atoms with E-state index < -0.39 is 0 Å². The van der Waals surface area contributed by atoms with Gasteiger partial charge in [-0.2, -0.15) is 0 Å². The van der Waals surface area contributed by atoms with Crippen LogP contribution >= 0.6 is 34.2 Å². The second-order valence-corrected chi connectivity index (χ2v) is 5.31. The van der Waals surface area contributed by atoms with Crippen LogP contribution in [0.3, 0.4) is 0 Å². The van der Waals surface area contributed by atoms with E-state index in [1.807, 2.05) is 18.2 Å². The third-order valence-electron chi connectivity index (χ3n) is 2.44. The molecule has 0 bridgehead atoms. The fourth-order valence-electron chi connectivity index (χ4n) is 1.80. The summed E-state index contributed by atoms with van der Waals surface area (Å²) in [6, 6.07) is 5.86. The molecule has 3 heteroatoms. The Bertz CT molecular complexity index is 301. The Labute approximate surface area is 103 Å². The van der Waals surface area contributed by atoms with Crippen molar-refractivity contribution >= 4 is 34.2 Å². The van der Waals surface area contributed by atoms with Gasteiger partial charge in [0.2, 0.25) is 0 Å². The van der Waals surface area contributed by atoms with Gasteiger partial charge in [0, 0.05) is 8.59 Å². The number of rotatable bonds is 2. The van der Waals surface area contributed by atoms with Gasteiger partial charge < -0.3 is 4.74 Å². The van der Waals surface area contributed by atoms with Crippen molar-refractivity contribution in [2.75, 3.05) is 0 Å². The van der Waals surface area contributed by atoms with Crippen LogP contribution < -0.4 is 4.74 Å². The Morgan fingerprint density at radius 2 is 1.93 bits per heavy atom. The Balaban J connectivity index is 2.07. The number of halogens is 2. The number of ether oxygens (including phenoxy) is 1. The lowest BCUT2D eigenvalue weighted by Crippen LogP contribution is -2.10. The maximum atomic E-state index is 5.95. The van der Waals surface area contributed by atoms with Crippen LogP contribution in [0.1, 0.15) is 25.7 Å². The van der Waals surface area contributed by atoms with Crippen molar-refractivity contribution in [3.8, 4) is 5.75 Å². The van der Waals surface area contributed by atoms with Gasteiger partial charge >= 0.3 is 0 Å². The summed E-state index contributed by atoms with van der Waals surface area (Å²) in [4.78, 5) is 0. The summed E-state index contributed by atoms with van der Waals surface area (Å²) in [7, 11) is 0. The van der Waals surface area contributed by atoms with Gasteiger partial charge in [-0.05, 0) is 66.5 Å². The smallest absolute Gasteiger partial charge is 0.122 e. The maximum absolute atomic E-state index is 5.95. The van der Waals surface area contributed by atoms with Crippen molar-refractivity contribution in [2.24, 2.45) is 0 Å². The molecule has 1 nitrogen and oxygen atoms in total. The Kier molecular flexibility index (Phi) is 3.55. The molecule has 0 atom stereocenters. The molecule has 0 unspecified atom stereocenters. The second-order valence-electron chi connectivity index (χ2n) is 3.63. The highest BCUT2D eigenvalue weighted by Gasteiger charge is 2.16.